The van der Waals surface area contributed by atoms with Crippen molar-refractivity contribution in [3.8, 4) is 0 Å². The molecule has 0 aliphatic carbocycles. The van der Waals surface area contributed by atoms with Crippen molar-refractivity contribution in [2.75, 3.05) is 36.4 Å². The van der Waals surface area contributed by atoms with Gasteiger partial charge >= 0.3 is 0 Å². The van der Waals surface area contributed by atoms with Gasteiger partial charge in [0.25, 0.3) is 6.71 Å². The van der Waals surface area contributed by atoms with Crippen LogP contribution in [0.3, 0.4) is 0 Å². The average Bonchev–Trinajstić information content (AvgIpc) is 0.751. The summed E-state index contributed by atoms with van der Waals surface area (Å²) in [5.74, 6) is 1.70. The highest BCUT2D eigenvalue weighted by atomic mass is 15.3. The summed E-state index contributed by atoms with van der Waals surface area (Å²) in [4.78, 5) is 20.4. The highest BCUT2D eigenvalue weighted by Crippen LogP contribution is 2.48. The molecule has 87 heavy (non-hydrogen) atoms. The molecule has 0 N–H and O–H groups in total. The fourth-order valence-electron chi connectivity index (χ4n) is 13.7. The first kappa shape index (κ1) is 51.4. The Morgan fingerprint density at radius 1 is 0.287 bits per heavy atom. The molecule has 13 aromatic rings. The number of para-hydroxylation sites is 10. The summed E-state index contributed by atoms with van der Waals surface area (Å²) in [5, 5.41) is 0. The second-order valence-electron chi connectivity index (χ2n) is 22.4. The maximum atomic E-state index is 5.96. The zero-order chi connectivity index (χ0) is 57.8. The zero-order valence-electron chi connectivity index (χ0n) is 48.0. The van der Waals surface area contributed by atoms with Crippen LogP contribution in [0, 0.1) is 0 Å². The van der Waals surface area contributed by atoms with Gasteiger partial charge in [0.05, 0.1) is 5.69 Å². The molecular weight excluding hydrogens is 1060 g/mol. The van der Waals surface area contributed by atoms with Crippen molar-refractivity contribution in [1.82, 2.24) is 4.98 Å². The molecule has 0 fully saturated rings. The van der Waals surface area contributed by atoms with E-state index in [4.69, 9.17) is 4.98 Å². The molecule has 3 aliphatic heterocycles. The molecule has 1 aromatic heterocycles. The van der Waals surface area contributed by atoms with E-state index in [-0.39, 0.29) is 13.4 Å². The summed E-state index contributed by atoms with van der Waals surface area (Å²) in [6.45, 7) is -0.433. The number of aromatic nitrogens is 1. The van der Waals surface area contributed by atoms with Crippen LogP contribution in [0.15, 0.2) is 328 Å². The first-order valence-corrected chi connectivity index (χ1v) is 29.8. The van der Waals surface area contributed by atoms with Crippen molar-refractivity contribution >= 4 is 143 Å². The Labute approximate surface area is 509 Å². The van der Waals surface area contributed by atoms with Gasteiger partial charge < -0.3 is 19.6 Å². The van der Waals surface area contributed by atoms with E-state index in [2.05, 4.69) is 364 Å². The van der Waals surface area contributed by atoms with Crippen LogP contribution in [-0.2, 0) is 0 Å². The molecule has 0 atom stereocenters. The zero-order valence-corrected chi connectivity index (χ0v) is 48.0. The summed E-state index contributed by atoms with van der Waals surface area (Å²) in [5.41, 5.74) is 23.3. The van der Waals surface area contributed by atoms with Gasteiger partial charge in [-0.25, -0.2) is 4.98 Å². The molecule has 0 radical (unpaired) electrons. The maximum Gasteiger partial charge on any atom is 0.254 e. The van der Waals surface area contributed by atoms with Gasteiger partial charge in [-0.1, -0.05) is 200 Å². The highest BCUT2D eigenvalue weighted by molar-refractivity contribution is 7.02. The molecular formula is C78H57B2N7. The minimum Gasteiger partial charge on any atom is -0.345 e. The van der Waals surface area contributed by atoms with E-state index < -0.39 is 0 Å². The number of benzene rings is 12. The monoisotopic (exact) mass is 1110 g/mol. The van der Waals surface area contributed by atoms with Gasteiger partial charge in [0.1, 0.15) is 11.6 Å². The second-order valence-corrected chi connectivity index (χ2v) is 22.4. The molecule has 4 heterocycles. The summed E-state index contributed by atoms with van der Waals surface area (Å²) in [6, 6.07) is 119. The second kappa shape index (κ2) is 21.7. The third-order valence-electron chi connectivity index (χ3n) is 17.4. The standard InChI is InChI=1S/C78H57B2N7/c1-82(57-30-10-2-11-31-57)72-53-65(83(58-32-12-3-13-33-58)59-34-14-4-15-35-59)54-73-76(72)79(66-46-26-28-48-69(66)85(73)62-40-20-7-21-41-62)56-50-51-71-68(52-56)80-67-47-27-29-49-70(67)87(64-44-24-9-25-45-64)78-77(80)74(86(71)63-42-22-8-23-43-63)55-75(81-78)84(60-36-16-5-17-37-60)61-38-18-6-19-39-61/h2-55H,1H3. The lowest BCUT2D eigenvalue weighted by Crippen LogP contribution is -2.64. The minimum atomic E-state index is -0.227. The molecule has 0 amide bonds. The summed E-state index contributed by atoms with van der Waals surface area (Å²) in [7, 11) is 2.23. The molecule has 410 valence electrons. The van der Waals surface area contributed by atoms with Gasteiger partial charge in [-0.3, -0.25) is 9.80 Å². The van der Waals surface area contributed by atoms with Crippen molar-refractivity contribution in [2.45, 2.75) is 0 Å². The van der Waals surface area contributed by atoms with E-state index in [9.17, 15) is 0 Å². The van der Waals surface area contributed by atoms with E-state index in [0.29, 0.717) is 0 Å². The Morgan fingerprint density at radius 3 is 1.18 bits per heavy atom. The number of rotatable bonds is 12. The van der Waals surface area contributed by atoms with Crippen molar-refractivity contribution in [3.63, 3.8) is 0 Å². The lowest BCUT2D eigenvalue weighted by Gasteiger charge is -2.44. The van der Waals surface area contributed by atoms with Crippen LogP contribution in [0.1, 0.15) is 0 Å². The molecule has 16 rings (SSSR count). The lowest BCUT2D eigenvalue weighted by atomic mass is 9.31. The van der Waals surface area contributed by atoms with Crippen LogP contribution in [0.2, 0.25) is 0 Å². The van der Waals surface area contributed by atoms with Gasteiger partial charge in [0, 0.05) is 92.7 Å². The summed E-state index contributed by atoms with van der Waals surface area (Å²) < 4.78 is 0. The molecule has 3 aliphatic rings. The first-order chi connectivity index (χ1) is 43.1. The lowest BCUT2D eigenvalue weighted by molar-refractivity contribution is 1.13. The fourth-order valence-corrected chi connectivity index (χ4v) is 13.7. The predicted molar refractivity (Wildman–Crippen MR) is 368 cm³/mol. The van der Waals surface area contributed by atoms with Crippen molar-refractivity contribution < 1.29 is 0 Å². The van der Waals surface area contributed by atoms with Crippen LogP contribution >= 0.6 is 0 Å². The van der Waals surface area contributed by atoms with Crippen LogP contribution in [0.25, 0.3) is 0 Å². The third-order valence-corrected chi connectivity index (χ3v) is 17.4. The molecule has 0 saturated carbocycles. The topological polar surface area (TPSA) is 32.3 Å². The van der Waals surface area contributed by atoms with Crippen molar-refractivity contribution in [2.24, 2.45) is 0 Å². The maximum absolute atomic E-state index is 5.96. The Morgan fingerprint density at radius 2 is 0.678 bits per heavy atom. The number of anilines is 17. The van der Waals surface area contributed by atoms with Crippen LogP contribution in [0.5, 0.6) is 0 Å². The molecule has 0 spiro atoms. The molecule has 12 aromatic carbocycles. The van der Waals surface area contributed by atoms with Crippen LogP contribution in [0.4, 0.5) is 96.9 Å². The van der Waals surface area contributed by atoms with Gasteiger partial charge in [0.15, 0.2) is 0 Å². The normalized spacial score (nSPS) is 12.5. The van der Waals surface area contributed by atoms with E-state index in [0.717, 1.165) is 102 Å². The van der Waals surface area contributed by atoms with Gasteiger partial charge in [-0.15, -0.1) is 0 Å². The minimum absolute atomic E-state index is 0.206. The Kier molecular flexibility index (Phi) is 12.8. The van der Waals surface area contributed by atoms with Gasteiger partial charge in [-0.2, -0.15) is 0 Å². The number of pyridine rings is 1. The Hall–Kier alpha value is -11.3. The smallest absolute Gasteiger partial charge is 0.254 e. The quantitative estimate of drug-likeness (QED) is 0.113. The summed E-state index contributed by atoms with van der Waals surface area (Å²) in [6.07, 6.45) is 0. The molecule has 0 bridgehead atoms. The number of hydrogen-bond acceptors (Lipinski definition) is 7. The SMILES string of the molecule is CN(c1ccccc1)c1cc(N(c2ccccc2)c2ccccc2)cc2c1B(c1ccc3c(c1)B1c4ccccc4N(c4ccccc4)c4nc(N(c5ccccc5)c5ccccc5)cc(c41)N3c1ccccc1)c1ccccc1N2c1ccccc1. The average molecular weight is 1110 g/mol. The molecule has 0 saturated heterocycles. The molecule has 0 unspecified atom stereocenters. The van der Waals surface area contributed by atoms with Gasteiger partial charge in [-0.05, 0) is 155 Å². The Balaban J connectivity index is 0.985. The van der Waals surface area contributed by atoms with E-state index in [1.807, 2.05) is 0 Å². The van der Waals surface area contributed by atoms with E-state index >= 15 is 0 Å². The molecule has 7 nitrogen and oxygen atoms in total. The van der Waals surface area contributed by atoms with Gasteiger partial charge in [0.2, 0.25) is 6.71 Å². The van der Waals surface area contributed by atoms with E-state index in [1.54, 1.807) is 0 Å². The first-order valence-electron chi connectivity index (χ1n) is 29.8. The largest absolute Gasteiger partial charge is 0.345 e. The highest BCUT2D eigenvalue weighted by Gasteiger charge is 2.46. The van der Waals surface area contributed by atoms with Crippen LogP contribution in [-0.4, -0.2) is 25.5 Å². The summed E-state index contributed by atoms with van der Waals surface area (Å²) >= 11 is 0. The van der Waals surface area contributed by atoms with E-state index in [1.165, 1.54) is 27.3 Å². The van der Waals surface area contributed by atoms with Crippen LogP contribution < -0.4 is 62.2 Å². The predicted octanol–water partition coefficient (Wildman–Crippen LogP) is 16.2. The Bertz CT molecular complexity index is 4530. The fraction of sp³-hybridized carbons (Fsp3) is 0.0128. The third kappa shape index (κ3) is 8.81. The number of hydrogen-bond donors (Lipinski definition) is 0. The van der Waals surface area contributed by atoms with Crippen molar-refractivity contribution in [3.05, 3.63) is 328 Å². The van der Waals surface area contributed by atoms with Crippen molar-refractivity contribution in [1.29, 1.82) is 0 Å². The number of fused-ring (bicyclic) bond motifs is 6. The number of nitrogens with zero attached hydrogens (tertiary/aromatic N) is 7. The molecule has 9 heteroatoms.